The van der Waals surface area contributed by atoms with Crippen molar-refractivity contribution in [2.24, 2.45) is 0 Å². The third-order valence-electron chi connectivity index (χ3n) is 0.212. The maximum absolute atomic E-state index is 8.16. The topological polar surface area (TPSA) is 72.7 Å². The summed E-state index contributed by atoms with van der Waals surface area (Å²) in [4.78, 5) is 16.3. The molecule has 0 aromatic heterocycles. The molecule has 0 unspecified atom stereocenters. The molecule has 0 fully saturated rings. The van der Waals surface area contributed by atoms with Crippen molar-refractivity contribution in [3.63, 3.8) is 0 Å². The van der Waals surface area contributed by atoms with Gasteiger partial charge in [0.25, 0.3) is 0 Å². The molecule has 0 aliphatic heterocycles. The van der Waals surface area contributed by atoms with E-state index in [4.69, 9.17) is 14.8 Å². The van der Waals surface area contributed by atoms with E-state index in [0.717, 1.165) is 6.55 Å². The first-order chi connectivity index (χ1) is 2.56. The summed E-state index contributed by atoms with van der Waals surface area (Å²) in [5.74, 6) is 0. The Morgan fingerprint density at radius 2 is 1.67 bits per heavy atom. The van der Waals surface area contributed by atoms with Gasteiger partial charge in [-0.3, -0.25) is 0 Å². The SMILES string of the molecule is C[Si](O)(O)NO. The normalized spacial score (nSPS) is 12.0. The predicted octanol–water partition coefficient (Wildman–Crippen LogP) is -1.48. The third-order valence-corrected chi connectivity index (χ3v) is 0.635. The molecule has 0 heterocycles. The van der Waals surface area contributed by atoms with Crippen LogP contribution < -0.4 is 5.15 Å². The Balaban J connectivity index is 3.17. The number of hydrogen-bond acceptors (Lipinski definition) is 4. The molecule has 0 rings (SSSR count). The number of hydrogen-bond donors (Lipinski definition) is 4. The van der Waals surface area contributed by atoms with Crippen LogP contribution in [0, 0.1) is 0 Å². The minimum atomic E-state index is -3.33. The molecule has 38 valence electrons. The minimum Gasteiger partial charge on any atom is -0.398 e. The van der Waals surface area contributed by atoms with Crippen LogP contribution in [0.3, 0.4) is 0 Å². The molecule has 0 radical (unpaired) electrons. The van der Waals surface area contributed by atoms with E-state index >= 15 is 0 Å². The van der Waals surface area contributed by atoms with Gasteiger partial charge in [0.2, 0.25) is 0 Å². The van der Waals surface area contributed by atoms with Crippen LogP contribution in [0.2, 0.25) is 6.55 Å². The van der Waals surface area contributed by atoms with Crippen molar-refractivity contribution < 1.29 is 14.8 Å². The maximum Gasteiger partial charge on any atom is 0.440 e. The lowest BCUT2D eigenvalue weighted by Crippen LogP contribution is -2.45. The van der Waals surface area contributed by atoms with Crippen LogP contribution in [0.1, 0.15) is 0 Å². The van der Waals surface area contributed by atoms with Gasteiger partial charge in [-0.2, -0.15) is 5.15 Å². The van der Waals surface area contributed by atoms with Gasteiger partial charge in [0.05, 0.1) is 0 Å². The van der Waals surface area contributed by atoms with Gasteiger partial charge in [0.15, 0.2) is 0 Å². The molecule has 0 atom stereocenters. The second-order valence-corrected chi connectivity index (χ2v) is 3.40. The van der Waals surface area contributed by atoms with Gasteiger partial charge in [-0.15, -0.1) is 0 Å². The van der Waals surface area contributed by atoms with Crippen LogP contribution >= 0.6 is 0 Å². The Bertz CT molecular complexity index is 40.5. The van der Waals surface area contributed by atoms with E-state index in [1.807, 2.05) is 0 Å². The summed E-state index contributed by atoms with van der Waals surface area (Å²) in [6.45, 7) is 1.13. The van der Waals surface area contributed by atoms with Crippen molar-refractivity contribution in [3.8, 4) is 0 Å². The van der Waals surface area contributed by atoms with Crippen molar-refractivity contribution in [2.45, 2.75) is 6.55 Å². The van der Waals surface area contributed by atoms with Crippen molar-refractivity contribution >= 4 is 8.72 Å². The summed E-state index contributed by atoms with van der Waals surface area (Å²) in [7, 11) is -3.33. The zero-order chi connectivity index (χ0) is 5.21. The molecule has 5 heteroatoms. The zero-order valence-electron chi connectivity index (χ0n) is 3.34. The Hall–Kier alpha value is 0.0569. The average molecular weight is 109 g/mol. The lowest BCUT2D eigenvalue weighted by Gasteiger charge is -2.04. The highest BCUT2D eigenvalue weighted by atomic mass is 28.4. The fourth-order valence-corrected chi connectivity index (χ4v) is 0. The van der Waals surface area contributed by atoms with Gasteiger partial charge in [0, 0.05) is 0 Å². The Morgan fingerprint density at radius 3 is 1.67 bits per heavy atom. The monoisotopic (exact) mass is 109 g/mol. The highest BCUT2D eigenvalue weighted by Crippen LogP contribution is 1.76. The molecular formula is CH7NO3Si. The van der Waals surface area contributed by atoms with E-state index in [1.54, 1.807) is 0 Å². The van der Waals surface area contributed by atoms with E-state index in [1.165, 1.54) is 5.15 Å². The van der Waals surface area contributed by atoms with Crippen LogP contribution in [0.4, 0.5) is 0 Å². The summed E-state index contributed by atoms with van der Waals surface area (Å²) in [5.41, 5.74) is 0. The standard InChI is InChI=1S/CH7NO3Si/c1-6(4,5)2-3/h2-5H,1H3. The predicted molar refractivity (Wildman–Crippen MR) is 21.0 cm³/mol. The molecule has 0 amide bonds. The van der Waals surface area contributed by atoms with E-state index in [2.05, 4.69) is 0 Å². The lowest BCUT2D eigenvalue weighted by molar-refractivity contribution is 0.171. The first-order valence-electron chi connectivity index (χ1n) is 1.42. The minimum absolute atomic E-state index is 1.13. The van der Waals surface area contributed by atoms with Crippen LogP contribution in [0.5, 0.6) is 0 Å². The van der Waals surface area contributed by atoms with E-state index < -0.39 is 8.72 Å². The molecule has 0 bridgehead atoms. The van der Waals surface area contributed by atoms with Gasteiger partial charge < -0.3 is 14.8 Å². The van der Waals surface area contributed by atoms with Gasteiger partial charge in [-0.1, -0.05) is 0 Å². The van der Waals surface area contributed by atoms with Crippen molar-refractivity contribution in [3.05, 3.63) is 0 Å². The quantitative estimate of drug-likeness (QED) is 0.245. The van der Waals surface area contributed by atoms with Crippen molar-refractivity contribution in [2.75, 3.05) is 0 Å². The zero-order valence-corrected chi connectivity index (χ0v) is 4.34. The lowest BCUT2D eigenvalue weighted by atomic mass is 11.9. The molecule has 4 N–H and O–H groups in total. The molecule has 0 aromatic rings. The van der Waals surface area contributed by atoms with Crippen LogP contribution in [0.25, 0.3) is 0 Å². The summed E-state index contributed by atoms with van der Waals surface area (Å²) in [6.07, 6.45) is 0. The van der Waals surface area contributed by atoms with Crippen LogP contribution in [0.15, 0.2) is 0 Å². The second-order valence-electron chi connectivity index (χ2n) is 1.13. The first kappa shape index (κ1) is 6.06. The third kappa shape index (κ3) is 4.06. The molecule has 0 aromatic carbocycles. The largest absolute Gasteiger partial charge is 0.440 e. The molecule has 4 nitrogen and oxygen atoms in total. The molecule has 0 aliphatic carbocycles. The maximum atomic E-state index is 8.16. The Labute approximate surface area is 36.3 Å². The summed E-state index contributed by atoms with van der Waals surface area (Å²) >= 11 is 0. The van der Waals surface area contributed by atoms with Gasteiger partial charge >= 0.3 is 8.72 Å². The summed E-state index contributed by atoms with van der Waals surface area (Å²) < 4.78 is 0. The fourth-order valence-electron chi connectivity index (χ4n) is 0. The van der Waals surface area contributed by atoms with Crippen LogP contribution in [-0.4, -0.2) is 23.5 Å². The Kier molecular flexibility index (Phi) is 1.69. The highest BCUT2D eigenvalue weighted by molar-refractivity contribution is 6.59. The van der Waals surface area contributed by atoms with Gasteiger partial charge in [0.1, 0.15) is 0 Å². The Morgan fingerprint density at radius 1 is 1.50 bits per heavy atom. The molecule has 6 heavy (non-hydrogen) atoms. The number of nitrogens with one attached hydrogen (secondary N) is 1. The fraction of sp³-hybridized carbons (Fsp3) is 1.00. The molecule has 0 saturated heterocycles. The van der Waals surface area contributed by atoms with Crippen LogP contribution in [-0.2, 0) is 0 Å². The molecule has 0 saturated carbocycles. The average Bonchev–Trinajstić information content (AvgIpc) is 1.35. The van der Waals surface area contributed by atoms with Crippen molar-refractivity contribution in [1.82, 2.24) is 5.15 Å². The molecule has 0 aliphatic rings. The van der Waals surface area contributed by atoms with E-state index in [0.29, 0.717) is 0 Å². The smallest absolute Gasteiger partial charge is 0.398 e. The highest BCUT2D eigenvalue weighted by Gasteiger charge is 2.18. The molecular weight excluding hydrogens is 102 g/mol. The summed E-state index contributed by atoms with van der Waals surface area (Å²) in [5, 5.41) is 9.07. The van der Waals surface area contributed by atoms with E-state index in [9.17, 15) is 0 Å². The number of rotatable bonds is 1. The summed E-state index contributed by atoms with van der Waals surface area (Å²) in [6, 6.07) is 0. The van der Waals surface area contributed by atoms with E-state index in [-0.39, 0.29) is 0 Å². The van der Waals surface area contributed by atoms with Gasteiger partial charge in [-0.05, 0) is 6.55 Å². The van der Waals surface area contributed by atoms with Gasteiger partial charge in [-0.25, -0.2) is 0 Å². The first-order valence-corrected chi connectivity index (χ1v) is 3.82. The van der Waals surface area contributed by atoms with Crippen molar-refractivity contribution in [1.29, 1.82) is 0 Å². The molecule has 0 spiro atoms. The second kappa shape index (κ2) is 1.67.